The second-order valence-electron chi connectivity index (χ2n) is 6.01. The van der Waals surface area contributed by atoms with E-state index in [0.29, 0.717) is 6.04 Å². The van der Waals surface area contributed by atoms with Crippen LogP contribution in [0.1, 0.15) is 55.4 Å². The molecule has 0 bridgehead atoms. The highest BCUT2D eigenvalue weighted by Crippen LogP contribution is 2.29. The van der Waals surface area contributed by atoms with Crippen LogP contribution in [0, 0.1) is 18.6 Å². The van der Waals surface area contributed by atoms with E-state index in [2.05, 4.69) is 37.5 Å². The summed E-state index contributed by atoms with van der Waals surface area (Å²) in [5.74, 6) is 1.07. The molecule has 2 aromatic heterocycles. The van der Waals surface area contributed by atoms with E-state index in [9.17, 15) is 0 Å². The first-order valence-corrected chi connectivity index (χ1v) is 8.23. The van der Waals surface area contributed by atoms with Gasteiger partial charge in [0.25, 0.3) is 0 Å². The first-order chi connectivity index (χ1) is 10.1. The van der Waals surface area contributed by atoms with Gasteiger partial charge in [-0.15, -0.1) is 0 Å². The van der Waals surface area contributed by atoms with Gasteiger partial charge in [0.05, 0.1) is 5.69 Å². The van der Waals surface area contributed by atoms with E-state index in [1.165, 1.54) is 37.8 Å². The van der Waals surface area contributed by atoms with Gasteiger partial charge >= 0.3 is 0 Å². The number of H-pyrrole nitrogens is 1. The van der Waals surface area contributed by atoms with Crippen LogP contribution in [0.25, 0.3) is 0 Å². The molecule has 5 nitrogen and oxygen atoms in total. The van der Waals surface area contributed by atoms with Crippen LogP contribution < -0.4 is 0 Å². The summed E-state index contributed by atoms with van der Waals surface area (Å²) in [5, 5.41) is 11.9. The van der Waals surface area contributed by atoms with Crippen molar-refractivity contribution < 1.29 is 0 Å². The molecule has 1 N–H and O–H groups in total. The first kappa shape index (κ1) is 14.5. The van der Waals surface area contributed by atoms with Gasteiger partial charge in [0, 0.05) is 24.7 Å². The average Bonchev–Trinajstić information content (AvgIpc) is 3.00. The average molecular weight is 305 g/mol. The lowest BCUT2D eigenvalue weighted by Crippen LogP contribution is -2.17. The molecule has 3 rings (SSSR count). The lowest BCUT2D eigenvalue weighted by atomic mass is 9.95. The van der Waals surface area contributed by atoms with Crippen molar-refractivity contribution in [3.05, 3.63) is 28.0 Å². The lowest BCUT2D eigenvalue weighted by molar-refractivity contribution is 0.341. The molecule has 0 spiro atoms. The molecule has 1 saturated carbocycles. The molecule has 2 aromatic rings. The smallest absolute Gasteiger partial charge is 0.195 e. The Morgan fingerprint density at radius 1 is 1.29 bits per heavy atom. The maximum Gasteiger partial charge on any atom is 0.195 e. The maximum absolute atomic E-state index is 5.44. The van der Waals surface area contributed by atoms with Crippen LogP contribution in [0.3, 0.4) is 0 Å². The predicted molar refractivity (Wildman–Crippen MR) is 84.9 cm³/mol. The van der Waals surface area contributed by atoms with Crippen molar-refractivity contribution in [2.45, 2.75) is 65.0 Å². The Labute approximate surface area is 130 Å². The van der Waals surface area contributed by atoms with Crippen molar-refractivity contribution in [1.82, 2.24) is 24.5 Å². The van der Waals surface area contributed by atoms with Crippen molar-refractivity contribution in [3.8, 4) is 0 Å². The Bertz CT molecular complexity index is 660. The van der Waals surface area contributed by atoms with Crippen LogP contribution in [-0.4, -0.2) is 24.5 Å². The van der Waals surface area contributed by atoms with Gasteiger partial charge in [-0.2, -0.15) is 10.2 Å². The predicted octanol–water partition coefficient (Wildman–Crippen LogP) is 3.50. The third-order valence-electron chi connectivity index (χ3n) is 4.37. The Kier molecular flexibility index (Phi) is 4.24. The molecule has 6 heteroatoms. The van der Waals surface area contributed by atoms with Crippen LogP contribution in [0.15, 0.2) is 6.07 Å². The molecule has 0 unspecified atom stereocenters. The van der Waals surface area contributed by atoms with E-state index in [0.717, 1.165) is 29.3 Å². The number of aromatic amines is 1. The van der Waals surface area contributed by atoms with Crippen molar-refractivity contribution in [1.29, 1.82) is 0 Å². The van der Waals surface area contributed by atoms with E-state index in [4.69, 9.17) is 12.2 Å². The van der Waals surface area contributed by atoms with E-state index in [1.54, 1.807) is 0 Å². The molecule has 0 aromatic carbocycles. The molecule has 0 aliphatic heterocycles. The quantitative estimate of drug-likeness (QED) is 0.880. The van der Waals surface area contributed by atoms with E-state index in [-0.39, 0.29) is 0 Å². The van der Waals surface area contributed by atoms with Crippen molar-refractivity contribution in [2.24, 2.45) is 0 Å². The summed E-state index contributed by atoms with van der Waals surface area (Å²) in [6.07, 6.45) is 7.26. The fourth-order valence-corrected chi connectivity index (χ4v) is 3.64. The summed E-state index contributed by atoms with van der Waals surface area (Å²) < 4.78 is 5.07. The zero-order valence-electron chi connectivity index (χ0n) is 12.8. The molecule has 114 valence electrons. The summed E-state index contributed by atoms with van der Waals surface area (Å²) in [5.41, 5.74) is 2.27. The minimum Gasteiger partial charge on any atom is -0.301 e. The molecular formula is C15H23N5S. The largest absolute Gasteiger partial charge is 0.301 e. The van der Waals surface area contributed by atoms with Crippen molar-refractivity contribution in [2.75, 3.05) is 0 Å². The third-order valence-corrected chi connectivity index (χ3v) is 4.66. The minimum absolute atomic E-state index is 0.528. The molecule has 1 fully saturated rings. The number of aryl methyl sites for hydroxylation is 4. The van der Waals surface area contributed by atoms with Gasteiger partial charge in [-0.25, -0.2) is 0 Å². The number of nitrogens with one attached hydrogen (secondary N) is 1. The molecule has 0 atom stereocenters. The summed E-state index contributed by atoms with van der Waals surface area (Å²) >= 11 is 5.44. The number of nitrogens with zero attached hydrogens (tertiary/aromatic N) is 4. The molecule has 2 heterocycles. The van der Waals surface area contributed by atoms with Crippen molar-refractivity contribution >= 4 is 12.2 Å². The monoisotopic (exact) mass is 305 g/mol. The molecule has 0 saturated heterocycles. The van der Waals surface area contributed by atoms with Crippen LogP contribution in [0.5, 0.6) is 0 Å². The summed E-state index contributed by atoms with van der Waals surface area (Å²) in [4.78, 5) is 0. The Hall–Kier alpha value is -1.43. The molecule has 0 amide bonds. The van der Waals surface area contributed by atoms with Gasteiger partial charge in [-0.1, -0.05) is 19.3 Å². The summed E-state index contributed by atoms with van der Waals surface area (Å²) in [6.45, 7) is 4.98. The highest BCUT2D eigenvalue weighted by atomic mass is 32.1. The van der Waals surface area contributed by atoms with Gasteiger partial charge in [0.2, 0.25) is 0 Å². The molecule has 21 heavy (non-hydrogen) atoms. The van der Waals surface area contributed by atoms with E-state index >= 15 is 0 Å². The number of hydrogen-bond acceptors (Lipinski definition) is 3. The Morgan fingerprint density at radius 2 is 2.05 bits per heavy atom. The van der Waals surface area contributed by atoms with Gasteiger partial charge in [0.15, 0.2) is 4.77 Å². The first-order valence-electron chi connectivity index (χ1n) is 7.82. The van der Waals surface area contributed by atoms with E-state index in [1.807, 2.05) is 6.92 Å². The number of hydrogen-bond donors (Lipinski definition) is 1. The zero-order chi connectivity index (χ0) is 14.8. The lowest BCUT2D eigenvalue weighted by Gasteiger charge is -2.24. The van der Waals surface area contributed by atoms with Gasteiger partial charge in [-0.05, 0) is 45.0 Å². The summed E-state index contributed by atoms with van der Waals surface area (Å²) in [6, 6.07) is 2.64. The fraction of sp³-hybridized carbons (Fsp3) is 0.667. The second kappa shape index (κ2) is 6.13. The summed E-state index contributed by atoms with van der Waals surface area (Å²) in [7, 11) is 0. The molecule has 1 aliphatic carbocycles. The van der Waals surface area contributed by atoms with Crippen LogP contribution in [0.2, 0.25) is 0 Å². The third kappa shape index (κ3) is 3.10. The van der Waals surface area contributed by atoms with Crippen LogP contribution in [-0.2, 0) is 13.0 Å². The molecule has 0 radical (unpaired) electrons. The topological polar surface area (TPSA) is 51.4 Å². The van der Waals surface area contributed by atoms with Gasteiger partial charge < -0.3 is 4.57 Å². The minimum atomic E-state index is 0.528. The Morgan fingerprint density at radius 3 is 2.71 bits per heavy atom. The number of rotatable bonds is 4. The fourth-order valence-electron chi connectivity index (χ4n) is 3.34. The highest BCUT2D eigenvalue weighted by Gasteiger charge is 2.19. The highest BCUT2D eigenvalue weighted by molar-refractivity contribution is 7.71. The SMILES string of the molecule is Cc1cc(C)n(CCc2n[nH]c(=S)n2C2CCCCC2)n1. The van der Waals surface area contributed by atoms with Crippen molar-refractivity contribution in [3.63, 3.8) is 0 Å². The molecule has 1 aliphatic rings. The van der Waals surface area contributed by atoms with E-state index < -0.39 is 0 Å². The second-order valence-corrected chi connectivity index (χ2v) is 6.39. The van der Waals surface area contributed by atoms with Crippen LogP contribution in [0.4, 0.5) is 0 Å². The van der Waals surface area contributed by atoms with Gasteiger partial charge in [0.1, 0.15) is 5.82 Å². The van der Waals surface area contributed by atoms with Crippen LogP contribution >= 0.6 is 12.2 Å². The standard InChI is InChI=1S/C15H23N5S/c1-11-10-12(2)19(18-11)9-8-14-16-17-15(21)20(14)13-6-4-3-5-7-13/h10,13H,3-9H2,1-2H3,(H,17,21). The normalized spacial score (nSPS) is 16.5. The zero-order valence-corrected chi connectivity index (χ0v) is 13.6. The maximum atomic E-state index is 5.44. The molecular weight excluding hydrogens is 282 g/mol. The van der Waals surface area contributed by atoms with Gasteiger partial charge in [-0.3, -0.25) is 9.78 Å². The Balaban J connectivity index is 1.76. The number of aromatic nitrogens is 5.